The molecular formula is C27H37N5O2. The summed E-state index contributed by atoms with van der Waals surface area (Å²) in [6, 6.07) is 20.1. The third-order valence-electron chi connectivity index (χ3n) is 6.86. The molecule has 3 amide bonds. The van der Waals surface area contributed by atoms with Gasteiger partial charge < -0.3 is 15.5 Å². The van der Waals surface area contributed by atoms with Gasteiger partial charge in [0.25, 0.3) is 0 Å². The topological polar surface area (TPSA) is 67.9 Å². The fraction of sp³-hybridized carbons (Fsp3) is 0.481. The van der Waals surface area contributed by atoms with E-state index in [1.807, 2.05) is 35.2 Å². The molecule has 0 saturated carbocycles. The molecule has 7 heteroatoms. The van der Waals surface area contributed by atoms with Crippen LogP contribution in [0.4, 0.5) is 10.5 Å². The maximum atomic E-state index is 12.4. The second kappa shape index (κ2) is 12.5. The summed E-state index contributed by atoms with van der Waals surface area (Å²) < 4.78 is 0. The molecule has 0 atom stereocenters. The number of anilines is 1. The second-order valence-corrected chi connectivity index (χ2v) is 9.38. The van der Waals surface area contributed by atoms with Crippen molar-refractivity contribution in [3.8, 4) is 0 Å². The molecule has 2 aromatic carbocycles. The van der Waals surface area contributed by atoms with E-state index in [9.17, 15) is 9.59 Å². The second-order valence-electron chi connectivity index (χ2n) is 9.38. The van der Waals surface area contributed by atoms with Crippen molar-refractivity contribution >= 4 is 17.6 Å². The first-order valence-electron chi connectivity index (χ1n) is 12.5. The molecule has 0 aliphatic carbocycles. The number of amides is 3. The van der Waals surface area contributed by atoms with E-state index >= 15 is 0 Å². The molecule has 0 bridgehead atoms. The fourth-order valence-corrected chi connectivity index (χ4v) is 4.76. The Morgan fingerprint density at radius 2 is 1.41 bits per heavy atom. The van der Waals surface area contributed by atoms with Gasteiger partial charge in [-0.1, -0.05) is 48.5 Å². The Bertz CT molecular complexity index is 892. The van der Waals surface area contributed by atoms with Gasteiger partial charge in [-0.15, -0.1) is 0 Å². The standard InChI is InChI=1S/C27H37N5O2/c33-26(21-23-11-14-32(15-12-23)27(34)29-25-9-5-2-6-10-25)28-13-16-30-17-19-31(20-18-30)22-24-7-3-1-4-8-24/h1-10,23H,11-22H2,(H,28,33)(H,29,34). The summed E-state index contributed by atoms with van der Waals surface area (Å²) in [5.74, 6) is 0.484. The average Bonchev–Trinajstić information content (AvgIpc) is 2.87. The van der Waals surface area contributed by atoms with Crippen molar-refractivity contribution in [2.45, 2.75) is 25.8 Å². The number of para-hydroxylation sites is 1. The van der Waals surface area contributed by atoms with Crippen LogP contribution >= 0.6 is 0 Å². The lowest BCUT2D eigenvalue weighted by Crippen LogP contribution is -2.48. The Morgan fingerprint density at radius 1 is 0.794 bits per heavy atom. The summed E-state index contributed by atoms with van der Waals surface area (Å²) in [5.41, 5.74) is 2.18. The Labute approximate surface area is 203 Å². The Kier molecular flexibility index (Phi) is 8.93. The first-order chi connectivity index (χ1) is 16.7. The van der Waals surface area contributed by atoms with Crippen LogP contribution in [-0.4, -0.2) is 79.0 Å². The quantitative estimate of drug-likeness (QED) is 0.631. The first-order valence-corrected chi connectivity index (χ1v) is 12.5. The van der Waals surface area contributed by atoms with Gasteiger partial charge in [0.05, 0.1) is 0 Å². The number of benzene rings is 2. The van der Waals surface area contributed by atoms with Gasteiger partial charge >= 0.3 is 6.03 Å². The number of nitrogens with one attached hydrogen (secondary N) is 2. The fourth-order valence-electron chi connectivity index (χ4n) is 4.76. The van der Waals surface area contributed by atoms with Gasteiger partial charge in [-0.2, -0.15) is 0 Å². The van der Waals surface area contributed by atoms with Gasteiger partial charge in [0, 0.05) is 71.0 Å². The number of nitrogens with zero attached hydrogens (tertiary/aromatic N) is 3. The van der Waals surface area contributed by atoms with Crippen LogP contribution in [0, 0.1) is 5.92 Å². The zero-order chi connectivity index (χ0) is 23.6. The summed E-state index contributed by atoms with van der Waals surface area (Å²) in [5, 5.41) is 6.05. The van der Waals surface area contributed by atoms with Crippen LogP contribution in [0.5, 0.6) is 0 Å². The minimum absolute atomic E-state index is 0.0574. The molecule has 2 heterocycles. The minimum Gasteiger partial charge on any atom is -0.355 e. The van der Waals surface area contributed by atoms with E-state index in [1.54, 1.807) is 0 Å². The number of rotatable bonds is 8. The van der Waals surface area contributed by atoms with E-state index in [0.29, 0.717) is 32.0 Å². The average molecular weight is 464 g/mol. The monoisotopic (exact) mass is 463 g/mol. The lowest BCUT2D eigenvalue weighted by Gasteiger charge is -2.34. The number of piperidine rings is 1. The third kappa shape index (κ3) is 7.57. The normalized spacial score (nSPS) is 17.9. The molecular weight excluding hydrogens is 426 g/mol. The Balaban J connectivity index is 1.06. The number of hydrogen-bond donors (Lipinski definition) is 2. The minimum atomic E-state index is -0.0574. The van der Waals surface area contributed by atoms with E-state index in [1.165, 1.54) is 5.56 Å². The van der Waals surface area contributed by atoms with Crippen LogP contribution in [0.15, 0.2) is 60.7 Å². The van der Waals surface area contributed by atoms with Crippen molar-refractivity contribution < 1.29 is 9.59 Å². The first kappa shape index (κ1) is 24.2. The summed E-state index contributed by atoms with van der Waals surface area (Å²) in [6.45, 7) is 8.25. The predicted molar refractivity (Wildman–Crippen MR) is 136 cm³/mol. The van der Waals surface area contributed by atoms with Crippen LogP contribution in [0.3, 0.4) is 0 Å². The highest BCUT2D eigenvalue weighted by molar-refractivity contribution is 5.89. The number of carbonyl (C=O) groups excluding carboxylic acids is 2. The van der Waals surface area contributed by atoms with Gasteiger partial charge in [-0.3, -0.25) is 14.6 Å². The highest BCUT2D eigenvalue weighted by atomic mass is 16.2. The summed E-state index contributed by atoms with van der Waals surface area (Å²) in [7, 11) is 0. The van der Waals surface area contributed by atoms with Gasteiger partial charge in [0.1, 0.15) is 0 Å². The molecule has 2 aliphatic heterocycles. The molecule has 2 N–H and O–H groups in total. The van der Waals surface area contributed by atoms with Crippen LogP contribution < -0.4 is 10.6 Å². The molecule has 2 aromatic rings. The number of likely N-dealkylation sites (tertiary alicyclic amines) is 1. The van der Waals surface area contributed by atoms with Crippen molar-refractivity contribution in [2.24, 2.45) is 5.92 Å². The van der Waals surface area contributed by atoms with Crippen molar-refractivity contribution in [1.82, 2.24) is 20.0 Å². The zero-order valence-corrected chi connectivity index (χ0v) is 20.0. The van der Waals surface area contributed by atoms with Gasteiger partial charge in [-0.25, -0.2) is 4.79 Å². The number of carbonyl (C=O) groups is 2. The molecule has 0 spiro atoms. The number of urea groups is 1. The summed E-state index contributed by atoms with van der Waals surface area (Å²) >= 11 is 0. The summed E-state index contributed by atoms with van der Waals surface area (Å²) in [6.07, 6.45) is 2.30. The van der Waals surface area contributed by atoms with Crippen molar-refractivity contribution in [3.63, 3.8) is 0 Å². The molecule has 4 rings (SSSR count). The Hall–Kier alpha value is -2.90. The van der Waals surface area contributed by atoms with Crippen molar-refractivity contribution in [2.75, 3.05) is 57.7 Å². The van der Waals surface area contributed by atoms with Crippen molar-refractivity contribution in [1.29, 1.82) is 0 Å². The van der Waals surface area contributed by atoms with Crippen LogP contribution in [-0.2, 0) is 11.3 Å². The van der Waals surface area contributed by atoms with Gasteiger partial charge in [-0.05, 0) is 36.5 Å². The van der Waals surface area contributed by atoms with E-state index in [0.717, 1.165) is 57.8 Å². The molecule has 7 nitrogen and oxygen atoms in total. The molecule has 0 aromatic heterocycles. The van der Waals surface area contributed by atoms with E-state index in [2.05, 4.69) is 50.8 Å². The smallest absolute Gasteiger partial charge is 0.321 e. The molecule has 34 heavy (non-hydrogen) atoms. The van der Waals surface area contributed by atoms with Crippen LogP contribution in [0.1, 0.15) is 24.8 Å². The zero-order valence-electron chi connectivity index (χ0n) is 20.0. The SMILES string of the molecule is O=C(CC1CCN(C(=O)Nc2ccccc2)CC1)NCCN1CCN(Cc2ccccc2)CC1. The molecule has 2 aliphatic rings. The summed E-state index contributed by atoms with van der Waals surface area (Å²) in [4.78, 5) is 31.6. The van der Waals surface area contributed by atoms with Gasteiger partial charge in [0.2, 0.25) is 5.91 Å². The Morgan fingerprint density at radius 3 is 2.09 bits per heavy atom. The molecule has 2 fully saturated rings. The van der Waals surface area contributed by atoms with Crippen LogP contribution in [0.2, 0.25) is 0 Å². The lowest BCUT2D eigenvalue weighted by molar-refractivity contribution is -0.122. The molecule has 182 valence electrons. The van der Waals surface area contributed by atoms with E-state index in [4.69, 9.17) is 0 Å². The molecule has 0 radical (unpaired) electrons. The van der Waals surface area contributed by atoms with E-state index in [-0.39, 0.29) is 11.9 Å². The number of hydrogen-bond acceptors (Lipinski definition) is 4. The highest BCUT2D eigenvalue weighted by Gasteiger charge is 2.24. The maximum Gasteiger partial charge on any atom is 0.321 e. The predicted octanol–water partition coefficient (Wildman–Crippen LogP) is 3.25. The third-order valence-corrected chi connectivity index (χ3v) is 6.86. The molecule has 0 unspecified atom stereocenters. The van der Waals surface area contributed by atoms with Crippen LogP contribution in [0.25, 0.3) is 0 Å². The largest absolute Gasteiger partial charge is 0.355 e. The lowest BCUT2D eigenvalue weighted by atomic mass is 9.93. The highest BCUT2D eigenvalue weighted by Crippen LogP contribution is 2.21. The maximum absolute atomic E-state index is 12.4. The van der Waals surface area contributed by atoms with Crippen molar-refractivity contribution in [3.05, 3.63) is 66.2 Å². The molecule has 2 saturated heterocycles. The van der Waals surface area contributed by atoms with Gasteiger partial charge in [0.15, 0.2) is 0 Å². The van der Waals surface area contributed by atoms with E-state index < -0.39 is 0 Å². The number of piperazine rings is 1.